The van der Waals surface area contributed by atoms with E-state index in [1.165, 1.54) is 11.0 Å². The highest BCUT2D eigenvalue weighted by Crippen LogP contribution is 2.17. The Bertz CT molecular complexity index is 710. The molecule has 0 saturated carbocycles. The molecular weight excluding hydrogens is 357 g/mol. The van der Waals surface area contributed by atoms with Gasteiger partial charge in [-0.05, 0) is 31.2 Å². The average molecular weight is 382 g/mol. The molecule has 2 heterocycles. The van der Waals surface area contributed by atoms with Crippen LogP contribution in [0.15, 0.2) is 41.0 Å². The molecule has 3 rings (SSSR count). The van der Waals surface area contributed by atoms with Crippen LogP contribution in [0, 0.1) is 5.82 Å². The SMILES string of the molecule is C[C@@H]([NH2+]CC(=O)N1CC[NH+](Cc2c(F)cccc2Cl)CC1)c1ccco1. The minimum atomic E-state index is -0.259. The summed E-state index contributed by atoms with van der Waals surface area (Å²) in [5.74, 6) is 0.741. The molecule has 0 aliphatic carbocycles. The third kappa shape index (κ3) is 4.63. The third-order valence-electron chi connectivity index (χ3n) is 4.95. The molecule has 1 fully saturated rings. The quantitative estimate of drug-likeness (QED) is 0.771. The summed E-state index contributed by atoms with van der Waals surface area (Å²) in [7, 11) is 0. The van der Waals surface area contributed by atoms with E-state index in [-0.39, 0.29) is 17.8 Å². The summed E-state index contributed by atoms with van der Waals surface area (Å²) in [6.07, 6.45) is 1.64. The molecule has 1 amide bonds. The van der Waals surface area contributed by atoms with E-state index in [0.29, 0.717) is 36.8 Å². The van der Waals surface area contributed by atoms with E-state index in [1.54, 1.807) is 18.4 Å². The van der Waals surface area contributed by atoms with Gasteiger partial charge in [0, 0.05) is 0 Å². The maximum Gasteiger partial charge on any atom is 0.278 e. The first-order valence-corrected chi connectivity index (χ1v) is 9.33. The average Bonchev–Trinajstić information content (AvgIpc) is 3.18. The first-order chi connectivity index (χ1) is 12.5. The summed E-state index contributed by atoms with van der Waals surface area (Å²) in [5.41, 5.74) is 0.560. The van der Waals surface area contributed by atoms with Crippen molar-refractivity contribution in [1.82, 2.24) is 4.90 Å². The van der Waals surface area contributed by atoms with Crippen molar-refractivity contribution in [2.45, 2.75) is 19.5 Å². The molecule has 7 heteroatoms. The van der Waals surface area contributed by atoms with Crippen molar-refractivity contribution in [3.8, 4) is 0 Å². The molecule has 0 radical (unpaired) electrons. The molecule has 2 aromatic rings. The summed E-state index contributed by atoms with van der Waals surface area (Å²) in [4.78, 5) is 15.6. The van der Waals surface area contributed by atoms with E-state index in [9.17, 15) is 9.18 Å². The summed E-state index contributed by atoms with van der Waals surface area (Å²) >= 11 is 6.11. The van der Waals surface area contributed by atoms with Crippen LogP contribution in [0.1, 0.15) is 24.3 Å². The van der Waals surface area contributed by atoms with Crippen LogP contribution < -0.4 is 10.2 Å². The van der Waals surface area contributed by atoms with Gasteiger partial charge < -0.3 is 19.5 Å². The maximum atomic E-state index is 13.9. The number of nitrogens with two attached hydrogens (primary N) is 1. The van der Waals surface area contributed by atoms with Crippen molar-refractivity contribution in [3.05, 3.63) is 58.8 Å². The number of piperazine rings is 1. The molecule has 1 aromatic heterocycles. The molecule has 26 heavy (non-hydrogen) atoms. The number of carbonyl (C=O) groups excluding carboxylic acids is 1. The number of furan rings is 1. The number of rotatable bonds is 6. The highest BCUT2D eigenvalue weighted by molar-refractivity contribution is 6.31. The number of nitrogens with zero attached hydrogens (tertiary/aromatic N) is 1. The fraction of sp³-hybridized carbons (Fsp3) is 0.421. The Morgan fingerprint density at radius 2 is 2.12 bits per heavy atom. The molecule has 1 aliphatic rings. The Morgan fingerprint density at radius 1 is 1.35 bits per heavy atom. The normalized spacial score (nSPS) is 16.7. The fourth-order valence-corrected chi connectivity index (χ4v) is 3.50. The largest absolute Gasteiger partial charge is 0.463 e. The topological polar surface area (TPSA) is 54.5 Å². The second kappa shape index (κ2) is 8.66. The number of quaternary nitrogens is 2. The molecule has 5 nitrogen and oxygen atoms in total. The van der Waals surface area contributed by atoms with Gasteiger partial charge in [-0.2, -0.15) is 0 Å². The van der Waals surface area contributed by atoms with E-state index >= 15 is 0 Å². The first-order valence-electron chi connectivity index (χ1n) is 8.95. The highest BCUT2D eigenvalue weighted by atomic mass is 35.5. The number of amides is 1. The summed E-state index contributed by atoms with van der Waals surface area (Å²) in [6, 6.07) is 8.66. The molecular formula is C19H25ClFN3O2+2. The highest BCUT2D eigenvalue weighted by Gasteiger charge is 2.26. The Morgan fingerprint density at radius 3 is 2.77 bits per heavy atom. The number of halogens is 2. The van der Waals surface area contributed by atoms with Crippen LogP contribution in [0.25, 0.3) is 0 Å². The minimum Gasteiger partial charge on any atom is -0.463 e. The lowest BCUT2D eigenvalue weighted by Crippen LogP contribution is -3.13. The van der Waals surface area contributed by atoms with Crippen LogP contribution in [0.2, 0.25) is 5.02 Å². The van der Waals surface area contributed by atoms with Crippen LogP contribution >= 0.6 is 11.6 Å². The van der Waals surface area contributed by atoms with E-state index in [0.717, 1.165) is 18.8 Å². The van der Waals surface area contributed by atoms with Gasteiger partial charge in [-0.25, -0.2) is 4.39 Å². The molecule has 1 aromatic carbocycles. The first kappa shape index (κ1) is 18.9. The molecule has 1 aliphatic heterocycles. The van der Waals surface area contributed by atoms with Gasteiger partial charge in [-0.3, -0.25) is 4.79 Å². The van der Waals surface area contributed by atoms with Gasteiger partial charge in [0.1, 0.15) is 18.4 Å². The predicted octanol–water partition coefficient (Wildman–Crippen LogP) is 0.624. The molecule has 3 N–H and O–H groups in total. The smallest absolute Gasteiger partial charge is 0.278 e. The molecule has 0 bridgehead atoms. The monoisotopic (exact) mass is 381 g/mol. The van der Waals surface area contributed by atoms with Crippen LogP contribution in [0.5, 0.6) is 0 Å². The lowest BCUT2D eigenvalue weighted by Gasteiger charge is -2.32. The molecule has 140 valence electrons. The Hall–Kier alpha value is -1.89. The Labute approximate surface area is 157 Å². The Kier molecular flexibility index (Phi) is 6.29. The molecule has 1 saturated heterocycles. The third-order valence-corrected chi connectivity index (χ3v) is 5.30. The zero-order valence-electron chi connectivity index (χ0n) is 14.9. The molecule has 0 unspecified atom stereocenters. The van der Waals surface area contributed by atoms with Crippen molar-refractivity contribution in [2.75, 3.05) is 32.7 Å². The lowest BCUT2D eigenvalue weighted by atomic mass is 10.2. The van der Waals surface area contributed by atoms with Crippen LogP contribution in [-0.2, 0) is 11.3 Å². The lowest BCUT2D eigenvalue weighted by molar-refractivity contribution is -0.917. The van der Waals surface area contributed by atoms with Crippen LogP contribution in [-0.4, -0.2) is 43.5 Å². The molecule has 1 atom stereocenters. The van der Waals surface area contributed by atoms with Gasteiger partial charge in [0.2, 0.25) is 0 Å². The van der Waals surface area contributed by atoms with E-state index < -0.39 is 0 Å². The second-order valence-corrected chi connectivity index (χ2v) is 7.16. The number of hydrogen-bond donors (Lipinski definition) is 2. The molecule has 0 spiro atoms. The van der Waals surface area contributed by atoms with Gasteiger partial charge >= 0.3 is 0 Å². The van der Waals surface area contributed by atoms with Crippen LogP contribution in [0.4, 0.5) is 4.39 Å². The number of carbonyl (C=O) groups is 1. The summed E-state index contributed by atoms with van der Waals surface area (Å²) in [5, 5.41) is 2.46. The van der Waals surface area contributed by atoms with Crippen molar-refractivity contribution >= 4 is 17.5 Å². The number of hydrogen-bond acceptors (Lipinski definition) is 2. The van der Waals surface area contributed by atoms with Gasteiger partial charge in [0.25, 0.3) is 5.91 Å². The zero-order chi connectivity index (χ0) is 18.5. The zero-order valence-corrected chi connectivity index (χ0v) is 15.6. The van der Waals surface area contributed by atoms with E-state index in [4.69, 9.17) is 16.0 Å². The van der Waals surface area contributed by atoms with Crippen LogP contribution in [0.3, 0.4) is 0 Å². The van der Waals surface area contributed by atoms with Gasteiger partial charge in [0.05, 0.1) is 43.0 Å². The second-order valence-electron chi connectivity index (χ2n) is 6.75. The standard InChI is InChI=1S/C19H23ClFN3O2/c1-14(18-6-3-11-26-18)22-12-19(25)24-9-7-23(8-10-24)13-15-16(20)4-2-5-17(15)21/h2-6,11,14,22H,7-10,12-13H2,1H3/p+2/t14-/m1/s1. The van der Waals surface area contributed by atoms with E-state index in [2.05, 4.69) is 0 Å². The van der Waals surface area contributed by atoms with E-state index in [1.807, 2.05) is 29.3 Å². The number of nitrogens with one attached hydrogen (secondary N) is 1. The van der Waals surface area contributed by atoms with Gasteiger partial charge in [-0.15, -0.1) is 0 Å². The van der Waals surface area contributed by atoms with Crippen molar-refractivity contribution in [1.29, 1.82) is 0 Å². The fourth-order valence-electron chi connectivity index (χ4n) is 3.27. The maximum absolute atomic E-state index is 13.9. The number of benzene rings is 1. The predicted molar refractivity (Wildman–Crippen MR) is 96.3 cm³/mol. The van der Waals surface area contributed by atoms with Crippen molar-refractivity contribution in [3.63, 3.8) is 0 Å². The summed E-state index contributed by atoms with van der Waals surface area (Å²) in [6.45, 7) is 5.93. The van der Waals surface area contributed by atoms with Gasteiger partial charge in [0.15, 0.2) is 12.3 Å². The van der Waals surface area contributed by atoms with Crippen molar-refractivity contribution in [2.24, 2.45) is 0 Å². The van der Waals surface area contributed by atoms with Crippen molar-refractivity contribution < 1.29 is 23.8 Å². The van der Waals surface area contributed by atoms with Gasteiger partial charge in [-0.1, -0.05) is 17.7 Å². The summed E-state index contributed by atoms with van der Waals surface area (Å²) < 4.78 is 19.3. The Balaban J connectivity index is 1.45. The minimum absolute atomic E-state index is 0.115.